The highest BCUT2D eigenvalue weighted by Crippen LogP contribution is 2.34. The predicted molar refractivity (Wildman–Crippen MR) is 91.5 cm³/mol. The zero-order valence-electron chi connectivity index (χ0n) is 14.7. The van der Waals surface area contributed by atoms with Crippen molar-refractivity contribution in [2.45, 2.75) is 59.0 Å². The van der Waals surface area contributed by atoms with Crippen LogP contribution in [0.5, 0.6) is 0 Å². The fourth-order valence-electron chi connectivity index (χ4n) is 3.11. The first-order valence-corrected chi connectivity index (χ1v) is 8.18. The maximum absolute atomic E-state index is 3.73. The molecule has 118 valence electrons. The van der Waals surface area contributed by atoms with Gasteiger partial charge in [0.15, 0.2) is 0 Å². The molecule has 0 aromatic heterocycles. The van der Waals surface area contributed by atoms with Gasteiger partial charge in [-0.25, -0.2) is 0 Å². The van der Waals surface area contributed by atoms with Crippen LogP contribution in [0.15, 0.2) is 30.3 Å². The van der Waals surface area contributed by atoms with Gasteiger partial charge in [0.2, 0.25) is 0 Å². The number of rotatable bonds is 3. The average molecular weight is 288 g/mol. The Morgan fingerprint density at radius 2 is 1.71 bits per heavy atom. The summed E-state index contributed by atoms with van der Waals surface area (Å²) in [6.45, 7) is 17.2. The quantitative estimate of drug-likeness (QED) is 0.903. The number of piperazine rings is 1. The van der Waals surface area contributed by atoms with Crippen LogP contribution in [0.3, 0.4) is 0 Å². The van der Waals surface area contributed by atoms with Crippen LogP contribution in [0.1, 0.15) is 53.5 Å². The van der Waals surface area contributed by atoms with Gasteiger partial charge in [-0.05, 0) is 44.7 Å². The third-order valence-electron chi connectivity index (χ3n) is 4.72. The zero-order chi connectivity index (χ0) is 15.7. The fourth-order valence-corrected chi connectivity index (χ4v) is 3.11. The summed E-state index contributed by atoms with van der Waals surface area (Å²) in [5.41, 5.74) is 2.07. The first kappa shape index (κ1) is 16.5. The molecule has 1 fully saturated rings. The summed E-state index contributed by atoms with van der Waals surface area (Å²) < 4.78 is 0. The third kappa shape index (κ3) is 4.08. The monoisotopic (exact) mass is 288 g/mol. The molecule has 1 N–H and O–H groups in total. The normalized spacial score (nSPS) is 26.8. The van der Waals surface area contributed by atoms with Crippen LogP contribution in [-0.2, 0) is 5.54 Å². The summed E-state index contributed by atoms with van der Waals surface area (Å²) in [5.74, 6) is 0. The summed E-state index contributed by atoms with van der Waals surface area (Å²) in [7, 11) is 0. The van der Waals surface area contributed by atoms with E-state index in [1.807, 2.05) is 0 Å². The van der Waals surface area contributed by atoms with Crippen molar-refractivity contribution in [2.75, 3.05) is 19.6 Å². The molecular formula is C19H32N2. The molecule has 1 atom stereocenters. The highest BCUT2D eigenvalue weighted by Gasteiger charge is 2.41. The molecule has 0 saturated carbocycles. The van der Waals surface area contributed by atoms with Crippen molar-refractivity contribution in [3.05, 3.63) is 35.9 Å². The lowest BCUT2D eigenvalue weighted by molar-refractivity contribution is 0.0165. The highest BCUT2D eigenvalue weighted by molar-refractivity contribution is 5.26. The van der Waals surface area contributed by atoms with E-state index in [4.69, 9.17) is 0 Å². The number of hydrogen-bond donors (Lipinski definition) is 1. The molecule has 2 heteroatoms. The Morgan fingerprint density at radius 3 is 2.29 bits per heavy atom. The Balaban J connectivity index is 2.24. The lowest BCUT2D eigenvalue weighted by Crippen LogP contribution is -2.65. The molecule has 1 aliphatic rings. The molecule has 0 spiro atoms. The molecule has 1 saturated heterocycles. The van der Waals surface area contributed by atoms with Crippen molar-refractivity contribution >= 4 is 0 Å². The molecule has 0 aliphatic carbocycles. The van der Waals surface area contributed by atoms with Crippen LogP contribution < -0.4 is 5.32 Å². The largest absolute Gasteiger partial charge is 0.308 e. The molecule has 1 aromatic carbocycles. The molecule has 1 unspecified atom stereocenters. The molecule has 0 amide bonds. The van der Waals surface area contributed by atoms with Gasteiger partial charge in [0.05, 0.1) is 5.54 Å². The molecule has 0 radical (unpaired) electrons. The van der Waals surface area contributed by atoms with Crippen LogP contribution in [-0.4, -0.2) is 30.1 Å². The molecule has 0 bridgehead atoms. The van der Waals surface area contributed by atoms with E-state index in [1.165, 1.54) is 12.0 Å². The number of hydrogen-bond acceptors (Lipinski definition) is 2. The summed E-state index contributed by atoms with van der Waals surface area (Å²) in [4.78, 5) is 2.68. The minimum atomic E-state index is 0.0853. The number of benzene rings is 1. The second-order valence-electron chi connectivity index (χ2n) is 8.61. The van der Waals surface area contributed by atoms with E-state index in [-0.39, 0.29) is 11.1 Å². The third-order valence-corrected chi connectivity index (χ3v) is 4.72. The van der Waals surface area contributed by atoms with E-state index in [0.717, 1.165) is 19.6 Å². The van der Waals surface area contributed by atoms with Gasteiger partial charge in [-0.1, -0.05) is 51.1 Å². The molecule has 1 aliphatic heterocycles. The van der Waals surface area contributed by atoms with E-state index >= 15 is 0 Å². The molecule has 1 heterocycles. The summed E-state index contributed by atoms with van der Waals surface area (Å²) in [5, 5.41) is 3.73. The molecular weight excluding hydrogens is 256 g/mol. The van der Waals surface area contributed by atoms with E-state index in [9.17, 15) is 0 Å². The Hall–Kier alpha value is -0.860. The van der Waals surface area contributed by atoms with Crippen molar-refractivity contribution in [1.82, 2.24) is 10.2 Å². The van der Waals surface area contributed by atoms with Gasteiger partial charge in [0, 0.05) is 18.6 Å². The summed E-state index contributed by atoms with van der Waals surface area (Å²) in [6.07, 6.45) is 1.23. The van der Waals surface area contributed by atoms with Crippen molar-refractivity contribution in [3.63, 3.8) is 0 Å². The zero-order valence-corrected chi connectivity index (χ0v) is 14.7. The fraction of sp³-hybridized carbons (Fsp3) is 0.684. The van der Waals surface area contributed by atoms with Gasteiger partial charge >= 0.3 is 0 Å². The van der Waals surface area contributed by atoms with Gasteiger partial charge in [0.25, 0.3) is 0 Å². The lowest BCUT2D eigenvalue weighted by Gasteiger charge is -2.52. The smallest absolute Gasteiger partial charge is 0.0558 e. The molecule has 2 nitrogen and oxygen atoms in total. The second-order valence-corrected chi connectivity index (χ2v) is 8.61. The maximum atomic E-state index is 3.73. The van der Waals surface area contributed by atoms with Crippen LogP contribution in [0.2, 0.25) is 0 Å². The van der Waals surface area contributed by atoms with Gasteiger partial charge in [-0.3, -0.25) is 4.90 Å². The number of nitrogens with one attached hydrogen (secondary N) is 1. The van der Waals surface area contributed by atoms with Gasteiger partial charge < -0.3 is 5.32 Å². The second kappa shape index (κ2) is 5.73. The van der Waals surface area contributed by atoms with E-state index in [1.54, 1.807) is 0 Å². The summed E-state index contributed by atoms with van der Waals surface area (Å²) >= 11 is 0. The topological polar surface area (TPSA) is 15.3 Å². The van der Waals surface area contributed by atoms with Crippen molar-refractivity contribution in [1.29, 1.82) is 0 Å². The standard InChI is InChI=1S/C19H32N2/c1-17(2,3)12-13-21-15-18(4,5)20-14-19(21,6)16-10-8-7-9-11-16/h7-11,20H,12-15H2,1-6H3. The SMILES string of the molecule is CC(C)(C)CCN1CC(C)(C)NCC1(C)c1ccccc1. The minimum absolute atomic E-state index is 0.0853. The Bertz CT molecular complexity index is 458. The summed E-state index contributed by atoms with van der Waals surface area (Å²) in [6, 6.07) is 10.9. The Labute approximate surface area is 130 Å². The average Bonchev–Trinajstić information content (AvgIpc) is 2.40. The van der Waals surface area contributed by atoms with Crippen LogP contribution in [0.25, 0.3) is 0 Å². The van der Waals surface area contributed by atoms with Crippen LogP contribution >= 0.6 is 0 Å². The lowest BCUT2D eigenvalue weighted by atomic mass is 9.82. The van der Waals surface area contributed by atoms with Crippen LogP contribution in [0, 0.1) is 5.41 Å². The van der Waals surface area contributed by atoms with E-state index in [2.05, 4.69) is 82.1 Å². The van der Waals surface area contributed by atoms with E-state index in [0.29, 0.717) is 5.41 Å². The molecule has 21 heavy (non-hydrogen) atoms. The van der Waals surface area contributed by atoms with Gasteiger partial charge in [-0.2, -0.15) is 0 Å². The Kier molecular flexibility index (Phi) is 4.51. The van der Waals surface area contributed by atoms with E-state index < -0.39 is 0 Å². The van der Waals surface area contributed by atoms with Crippen molar-refractivity contribution < 1.29 is 0 Å². The first-order chi connectivity index (χ1) is 9.62. The molecule has 1 aromatic rings. The maximum Gasteiger partial charge on any atom is 0.0558 e. The van der Waals surface area contributed by atoms with Gasteiger partial charge in [-0.15, -0.1) is 0 Å². The number of nitrogens with zero attached hydrogens (tertiary/aromatic N) is 1. The minimum Gasteiger partial charge on any atom is -0.308 e. The van der Waals surface area contributed by atoms with Gasteiger partial charge in [0.1, 0.15) is 0 Å². The van der Waals surface area contributed by atoms with Crippen molar-refractivity contribution in [3.8, 4) is 0 Å². The Morgan fingerprint density at radius 1 is 1.10 bits per heavy atom. The molecule has 2 rings (SSSR count). The first-order valence-electron chi connectivity index (χ1n) is 8.18. The van der Waals surface area contributed by atoms with Crippen molar-refractivity contribution in [2.24, 2.45) is 5.41 Å². The highest BCUT2D eigenvalue weighted by atomic mass is 15.3. The predicted octanol–water partition coefficient (Wildman–Crippen LogP) is 4.02. The van der Waals surface area contributed by atoms with Crippen LogP contribution in [0.4, 0.5) is 0 Å².